The van der Waals surface area contributed by atoms with Crippen molar-refractivity contribution < 1.29 is 14.1 Å². The number of nitrogens with two attached hydrogens (primary N) is 1. The molecule has 30 heavy (non-hydrogen) atoms. The standard InChI is InChI=1S/C23H27N3O3.ClH/c1-14-8-17(11-24)12-26(14)23(27)20-9-18-6-4-5-7-19(18)10-22(20)28-13-21-15(2)25-29-16(21)3;/h4-7,9-10,14,17H,8,11-13,24H2,1-3H3;1H. The summed E-state index contributed by atoms with van der Waals surface area (Å²) in [4.78, 5) is 15.4. The molecule has 1 aliphatic heterocycles. The molecule has 0 saturated carbocycles. The summed E-state index contributed by atoms with van der Waals surface area (Å²) in [6.45, 7) is 7.43. The molecule has 1 amide bonds. The van der Waals surface area contributed by atoms with Crippen LogP contribution in [0.2, 0.25) is 0 Å². The zero-order valence-corrected chi connectivity index (χ0v) is 18.4. The molecule has 4 rings (SSSR count). The lowest BCUT2D eigenvalue weighted by Crippen LogP contribution is -2.34. The summed E-state index contributed by atoms with van der Waals surface area (Å²) in [6.07, 6.45) is 0.936. The average Bonchev–Trinajstić information content (AvgIpc) is 3.26. The van der Waals surface area contributed by atoms with Crippen LogP contribution in [-0.2, 0) is 6.61 Å². The molecule has 2 atom stereocenters. The number of benzene rings is 2. The van der Waals surface area contributed by atoms with Crippen LogP contribution in [0.25, 0.3) is 10.8 Å². The Balaban J connectivity index is 0.00000256. The molecule has 6 nitrogen and oxygen atoms in total. The molecule has 2 heterocycles. The summed E-state index contributed by atoms with van der Waals surface area (Å²) >= 11 is 0. The third-order valence-corrected chi connectivity index (χ3v) is 5.89. The summed E-state index contributed by atoms with van der Waals surface area (Å²) in [5.41, 5.74) is 8.15. The third-order valence-electron chi connectivity index (χ3n) is 5.89. The average molecular weight is 430 g/mol. The second-order valence-electron chi connectivity index (χ2n) is 7.93. The Morgan fingerprint density at radius 1 is 1.27 bits per heavy atom. The Labute approximate surface area is 182 Å². The number of aryl methyl sites for hydroxylation is 2. The molecule has 160 valence electrons. The van der Waals surface area contributed by atoms with Crippen LogP contribution in [0.4, 0.5) is 0 Å². The lowest BCUT2D eigenvalue weighted by molar-refractivity contribution is 0.0738. The second-order valence-corrected chi connectivity index (χ2v) is 7.93. The van der Waals surface area contributed by atoms with Crippen molar-refractivity contribution in [1.82, 2.24) is 10.1 Å². The van der Waals surface area contributed by atoms with Crippen LogP contribution in [0.3, 0.4) is 0 Å². The van der Waals surface area contributed by atoms with Gasteiger partial charge < -0.3 is 19.9 Å². The van der Waals surface area contributed by atoms with Gasteiger partial charge in [-0.1, -0.05) is 29.4 Å². The molecule has 1 aromatic heterocycles. The van der Waals surface area contributed by atoms with E-state index in [0.29, 0.717) is 36.9 Å². The Bertz CT molecular complexity index is 1030. The number of hydrogen-bond donors (Lipinski definition) is 1. The van der Waals surface area contributed by atoms with E-state index >= 15 is 0 Å². The van der Waals surface area contributed by atoms with Gasteiger partial charge in [0.05, 0.1) is 16.8 Å². The highest BCUT2D eigenvalue weighted by atomic mass is 35.5. The van der Waals surface area contributed by atoms with Crippen molar-refractivity contribution >= 4 is 29.1 Å². The molecule has 2 aromatic carbocycles. The maximum Gasteiger partial charge on any atom is 0.257 e. The number of halogens is 1. The van der Waals surface area contributed by atoms with Crippen LogP contribution in [0, 0.1) is 19.8 Å². The second kappa shape index (κ2) is 9.06. The fraction of sp³-hybridized carbons (Fsp3) is 0.391. The van der Waals surface area contributed by atoms with Crippen molar-refractivity contribution in [3.63, 3.8) is 0 Å². The Kier molecular flexibility index (Phi) is 6.68. The van der Waals surface area contributed by atoms with Gasteiger partial charge in [0, 0.05) is 12.6 Å². The van der Waals surface area contributed by atoms with Crippen molar-refractivity contribution in [3.05, 3.63) is 59.0 Å². The lowest BCUT2D eigenvalue weighted by Gasteiger charge is -2.23. The first-order valence-electron chi connectivity index (χ1n) is 10.1. The highest BCUT2D eigenvalue weighted by Gasteiger charge is 2.33. The summed E-state index contributed by atoms with van der Waals surface area (Å²) in [7, 11) is 0. The summed E-state index contributed by atoms with van der Waals surface area (Å²) in [5.74, 6) is 1.65. The van der Waals surface area contributed by atoms with Gasteiger partial charge in [0.25, 0.3) is 5.91 Å². The molecule has 0 aliphatic carbocycles. The van der Waals surface area contributed by atoms with Crippen molar-refractivity contribution in [2.24, 2.45) is 11.7 Å². The van der Waals surface area contributed by atoms with Gasteiger partial charge >= 0.3 is 0 Å². The number of amides is 1. The number of ether oxygens (including phenoxy) is 1. The molecule has 0 bridgehead atoms. The first-order valence-corrected chi connectivity index (χ1v) is 10.1. The molecule has 0 radical (unpaired) electrons. The fourth-order valence-electron chi connectivity index (χ4n) is 4.11. The van der Waals surface area contributed by atoms with Gasteiger partial charge in [0.1, 0.15) is 18.1 Å². The number of aromatic nitrogens is 1. The summed E-state index contributed by atoms with van der Waals surface area (Å²) < 4.78 is 11.4. The number of carbonyl (C=O) groups excluding carboxylic acids is 1. The van der Waals surface area contributed by atoms with E-state index in [9.17, 15) is 4.79 Å². The Hall–Kier alpha value is -2.57. The van der Waals surface area contributed by atoms with Crippen LogP contribution in [0.5, 0.6) is 5.75 Å². The molecular formula is C23H28ClN3O3. The molecule has 7 heteroatoms. The van der Waals surface area contributed by atoms with Crippen LogP contribution in [-0.4, -0.2) is 35.1 Å². The molecule has 1 saturated heterocycles. The van der Waals surface area contributed by atoms with Gasteiger partial charge in [-0.05, 0) is 62.6 Å². The predicted molar refractivity (Wildman–Crippen MR) is 119 cm³/mol. The van der Waals surface area contributed by atoms with Crippen LogP contribution >= 0.6 is 12.4 Å². The zero-order valence-electron chi connectivity index (χ0n) is 17.6. The predicted octanol–water partition coefficient (Wildman–Crippen LogP) is 4.25. The number of nitrogens with zero attached hydrogens (tertiary/aromatic N) is 2. The van der Waals surface area contributed by atoms with Crippen molar-refractivity contribution in [3.8, 4) is 5.75 Å². The molecule has 1 fully saturated rings. The zero-order chi connectivity index (χ0) is 20.5. The van der Waals surface area contributed by atoms with E-state index in [-0.39, 0.29) is 24.4 Å². The highest BCUT2D eigenvalue weighted by molar-refractivity contribution is 6.02. The summed E-state index contributed by atoms with van der Waals surface area (Å²) in [6, 6.07) is 12.0. The van der Waals surface area contributed by atoms with E-state index in [1.807, 2.05) is 55.1 Å². The topological polar surface area (TPSA) is 81.6 Å². The lowest BCUT2D eigenvalue weighted by atomic mass is 10.0. The smallest absolute Gasteiger partial charge is 0.257 e. The fourth-order valence-corrected chi connectivity index (χ4v) is 4.11. The van der Waals surface area contributed by atoms with Gasteiger partial charge in [-0.15, -0.1) is 12.4 Å². The Morgan fingerprint density at radius 3 is 2.57 bits per heavy atom. The molecule has 2 N–H and O–H groups in total. The van der Waals surface area contributed by atoms with Gasteiger partial charge in [0.2, 0.25) is 0 Å². The van der Waals surface area contributed by atoms with E-state index in [4.69, 9.17) is 15.0 Å². The van der Waals surface area contributed by atoms with Crippen molar-refractivity contribution in [2.75, 3.05) is 13.1 Å². The molecule has 2 unspecified atom stereocenters. The minimum atomic E-state index is -0.00651. The number of hydrogen-bond acceptors (Lipinski definition) is 5. The van der Waals surface area contributed by atoms with E-state index in [0.717, 1.165) is 34.2 Å². The van der Waals surface area contributed by atoms with Gasteiger partial charge in [-0.3, -0.25) is 4.79 Å². The molecule has 1 aliphatic rings. The van der Waals surface area contributed by atoms with E-state index in [2.05, 4.69) is 12.1 Å². The first-order chi connectivity index (χ1) is 14.0. The van der Waals surface area contributed by atoms with Crippen LogP contribution in [0.15, 0.2) is 40.9 Å². The molecule has 3 aromatic rings. The van der Waals surface area contributed by atoms with E-state index in [1.54, 1.807) is 0 Å². The normalized spacial score (nSPS) is 18.5. The Morgan fingerprint density at radius 2 is 1.97 bits per heavy atom. The van der Waals surface area contributed by atoms with E-state index in [1.165, 1.54) is 0 Å². The quantitative estimate of drug-likeness (QED) is 0.655. The number of fused-ring (bicyclic) bond motifs is 1. The largest absolute Gasteiger partial charge is 0.488 e. The number of rotatable bonds is 5. The highest BCUT2D eigenvalue weighted by Crippen LogP contribution is 2.31. The monoisotopic (exact) mass is 429 g/mol. The minimum absolute atomic E-state index is 0. The molecule has 0 spiro atoms. The first kappa shape index (κ1) is 22.1. The third kappa shape index (κ3) is 4.16. The SMILES string of the molecule is Cc1noc(C)c1COc1cc2ccccc2cc1C(=O)N1CC(CN)CC1C.Cl. The maximum absolute atomic E-state index is 13.5. The van der Waals surface area contributed by atoms with Gasteiger partial charge in [-0.25, -0.2) is 0 Å². The van der Waals surface area contributed by atoms with Gasteiger partial charge in [0.15, 0.2) is 0 Å². The van der Waals surface area contributed by atoms with Crippen molar-refractivity contribution in [2.45, 2.75) is 39.8 Å². The maximum atomic E-state index is 13.5. The molecular weight excluding hydrogens is 402 g/mol. The van der Waals surface area contributed by atoms with Crippen molar-refractivity contribution in [1.29, 1.82) is 0 Å². The summed E-state index contributed by atoms with van der Waals surface area (Å²) in [5, 5.41) is 6.04. The minimum Gasteiger partial charge on any atom is -0.488 e. The van der Waals surface area contributed by atoms with E-state index < -0.39 is 0 Å². The number of carbonyl (C=O) groups is 1. The number of likely N-dealkylation sites (tertiary alicyclic amines) is 1. The van der Waals surface area contributed by atoms with Gasteiger partial charge in [-0.2, -0.15) is 0 Å². The van der Waals surface area contributed by atoms with Crippen LogP contribution in [0.1, 0.15) is 40.7 Å². The van der Waals surface area contributed by atoms with Crippen LogP contribution < -0.4 is 10.5 Å².